The second kappa shape index (κ2) is 6.67. The summed E-state index contributed by atoms with van der Waals surface area (Å²) in [5.41, 5.74) is 0.548. The molecular weight excluding hydrogens is 384 g/mol. The summed E-state index contributed by atoms with van der Waals surface area (Å²) in [6.07, 6.45) is 1.48. The Balaban J connectivity index is 2.61. The lowest BCUT2D eigenvalue weighted by atomic mass is 10.1. The van der Waals surface area contributed by atoms with Crippen LogP contribution in [-0.4, -0.2) is 55.0 Å². The second-order valence-electron chi connectivity index (χ2n) is 4.80. The Labute approximate surface area is 147 Å². The summed E-state index contributed by atoms with van der Waals surface area (Å²) < 4.78 is 11.3. The monoisotopic (exact) mass is 398 g/mol. The number of likely N-dealkylation sites (N-methyl/N-ethyl adjacent to an activating group) is 2. The van der Waals surface area contributed by atoms with Crippen LogP contribution in [0.4, 0.5) is 0 Å². The molecule has 0 saturated carbocycles. The van der Waals surface area contributed by atoms with E-state index in [1.54, 1.807) is 12.1 Å². The summed E-state index contributed by atoms with van der Waals surface area (Å²) in [5.74, 6) is 0.00195. The maximum atomic E-state index is 12.4. The number of rotatable bonds is 3. The number of thiocarbonyl (C=S) groups is 1. The molecule has 8 heteroatoms. The third-order valence-corrected chi connectivity index (χ3v) is 4.42. The van der Waals surface area contributed by atoms with E-state index in [1.807, 2.05) is 0 Å². The van der Waals surface area contributed by atoms with Gasteiger partial charge in [0, 0.05) is 24.1 Å². The number of carbonyl (C=O) groups excluding carboxylic acids is 2. The normalized spacial score (nSPS) is 15.2. The van der Waals surface area contributed by atoms with Crippen molar-refractivity contribution in [3.63, 3.8) is 0 Å². The first-order valence-electron chi connectivity index (χ1n) is 6.55. The fourth-order valence-electron chi connectivity index (χ4n) is 2.20. The predicted octanol–water partition coefficient (Wildman–Crippen LogP) is 2.06. The molecule has 0 aliphatic carbocycles. The number of ether oxygens (including phenoxy) is 2. The van der Waals surface area contributed by atoms with Gasteiger partial charge in [0.2, 0.25) is 0 Å². The summed E-state index contributed by atoms with van der Waals surface area (Å²) in [6, 6.07) is 3.47. The fourth-order valence-corrected chi connectivity index (χ4v) is 2.82. The zero-order valence-corrected chi connectivity index (χ0v) is 15.4. The van der Waals surface area contributed by atoms with E-state index in [-0.39, 0.29) is 10.7 Å². The van der Waals surface area contributed by atoms with Gasteiger partial charge < -0.3 is 9.47 Å². The molecule has 0 spiro atoms. The van der Waals surface area contributed by atoms with E-state index in [0.29, 0.717) is 17.1 Å². The Kier molecular flexibility index (Phi) is 5.06. The van der Waals surface area contributed by atoms with Gasteiger partial charge in [0.25, 0.3) is 11.8 Å². The first-order chi connectivity index (χ1) is 10.8. The summed E-state index contributed by atoms with van der Waals surface area (Å²) in [4.78, 5) is 27.3. The summed E-state index contributed by atoms with van der Waals surface area (Å²) in [5, 5.41) is 0.163. The molecule has 0 aromatic heterocycles. The lowest BCUT2D eigenvalue weighted by Gasteiger charge is -2.31. The van der Waals surface area contributed by atoms with Crippen molar-refractivity contribution in [2.45, 2.75) is 0 Å². The van der Waals surface area contributed by atoms with Crippen molar-refractivity contribution in [1.29, 1.82) is 0 Å². The number of benzene rings is 1. The van der Waals surface area contributed by atoms with E-state index < -0.39 is 11.8 Å². The van der Waals surface area contributed by atoms with Crippen LogP contribution in [0.3, 0.4) is 0 Å². The molecule has 1 heterocycles. The maximum absolute atomic E-state index is 12.4. The van der Waals surface area contributed by atoms with E-state index in [4.69, 9.17) is 21.7 Å². The van der Waals surface area contributed by atoms with Gasteiger partial charge in [0.05, 0.1) is 14.2 Å². The summed E-state index contributed by atoms with van der Waals surface area (Å²) in [7, 11) is 6.06. The van der Waals surface area contributed by atoms with E-state index in [2.05, 4.69) is 15.9 Å². The minimum atomic E-state index is -0.459. The van der Waals surface area contributed by atoms with Crippen molar-refractivity contribution in [2.75, 3.05) is 28.3 Å². The molecule has 6 nitrogen and oxygen atoms in total. The van der Waals surface area contributed by atoms with Crippen LogP contribution in [0.5, 0.6) is 11.5 Å². The average Bonchev–Trinajstić information content (AvgIpc) is 2.54. The molecule has 122 valence electrons. The van der Waals surface area contributed by atoms with Gasteiger partial charge in [0.15, 0.2) is 16.6 Å². The molecule has 1 aromatic rings. The van der Waals surface area contributed by atoms with Gasteiger partial charge in [0.1, 0.15) is 5.57 Å². The smallest absolute Gasteiger partial charge is 0.265 e. The van der Waals surface area contributed by atoms with Crippen molar-refractivity contribution in [2.24, 2.45) is 0 Å². The van der Waals surface area contributed by atoms with Gasteiger partial charge in [-0.25, -0.2) is 0 Å². The average molecular weight is 399 g/mol. The number of nitrogens with zero attached hydrogens (tertiary/aromatic N) is 2. The zero-order valence-electron chi connectivity index (χ0n) is 13.0. The Bertz CT molecular complexity index is 706. The van der Waals surface area contributed by atoms with E-state index >= 15 is 0 Å². The molecule has 0 atom stereocenters. The molecule has 0 radical (unpaired) electrons. The minimum absolute atomic E-state index is 0.00190. The molecule has 0 unspecified atom stereocenters. The van der Waals surface area contributed by atoms with Gasteiger partial charge >= 0.3 is 0 Å². The van der Waals surface area contributed by atoms with Crippen molar-refractivity contribution < 1.29 is 19.1 Å². The van der Waals surface area contributed by atoms with Gasteiger partial charge in [-0.1, -0.05) is 15.9 Å². The van der Waals surface area contributed by atoms with E-state index in [1.165, 1.54) is 44.2 Å². The molecule has 1 aromatic carbocycles. The summed E-state index contributed by atoms with van der Waals surface area (Å²) in [6.45, 7) is 0. The van der Waals surface area contributed by atoms with Crippen LogP contribution < -0.4 is 9.47 Å². The molecule has 23 heavy (non-hydrogen) atoms. The fraction of sp³-hybridized carbons (Fsp3) is 0.267. The maximum Gasteiger partial charge on any atom is 0.265 e. The van der Waals surface area contributed by atoms with Gasteiger partial charge in [-0.3, -0.25) is 19.4 Å². The zero-order chi connectivity index (χ0) is 17.3. The van der Waals surface area contributed by atoms with Crippen LogP contribution >= 0.6 is 28.1 Å². The number of hydrogen-bond acceptors (Lipinski definition) is 5. The topological polar surface area (TPSA) is 59.1 Å². The number of carbonyl (C=O) groups is 2. The Morgan fingerprint density at radius 3 is 2.13 bits per heavy atom. The summed E-state index contributed by atoms with van der Waals surface area (Å²) >= 11 is 8.43. The van der Waals surface area contributed by atoms with Crippen LogP contribution in [0.15, 0.2) is 22.2 Å². The molecule has 0 N–H and O–H groups in total. The van der Waals surface area contributed by atoms with Gasteiger partial charge in [-0.15, -0.1) is 0 Å². The SMILES string of the molecule is COc1cc(Br)cc(C=C2C(=O)N(C)C(=S)N(C)C2=O)c1OC. The Morgan fingerprint density at radius 1 is 1.09 bits per heavy atom. The molecule has 1 aliphatic heterocycles. The highest BCUT2D eigenvalue weighted by Crippen LogP contribution is 2.36. The standard InChI is InChI=1S/C15H15BrN2O4S/c1-17-13(19)10(14(20)18(2)15(17)23)6-8-5-9(16)7-11(21-3)12(8)22-4/h5-7H,1-4H3. The number of halogens is 1. The highest BCUT2D eigenvalue weighted by Gasteiger charge is 2.35. The van der Waals surface area contributed by atoms with Crippen LogP contribution in [0, 0.1) is 0 Å². The number of amides is 2. The molecule has 1 aliphatic rings. The highest BCUT2D eigenvalue weighted by molar-refractivity contribution is 9.10. The van der Waals surface area contributed by atoms with Gasteiger partial charge in [-0.2, -0.15) is 0 Å². The van der Waals surface area contributed by atoms with Crippen LogP contribution in [0.2, 0.25) is 0 Å². The Hall–Kier alpha value is -1.93. The Morgan fingerprint density at radius 2 is 1.65 bits per heavy atom. The molecule has 1 fully saturated rings. The molecular formula is C15H15BrN2O4S. The lowest BCUT2D eigenvalue weighted by Crippen LogP contribution is -2.52. The number of methoxy groups -OCH3 is 2. The quantitative estimate of drug-likeness (QED) is 0.443. The van der Waals surface area contributed by atoms with Crippen molar-refractivity contribution in [1.82, 2.24) is 9.80 Å². The first-order valence-corrected chi connectivity index (χ1v) is 7.75. The van der Waals surface area contributed by atoms with Crippen molar-refractivity contribution in [3.8, 4) is 11.5 Å². The first kappa shape index (κ1) is 17.4. The third kappa shape index (κ3) is 3.09. The van der Waals surface area contributed by atoms with Crippen LogP contribution in [0.25, 0.3) is 6.08 Å². The molecule has 0 bridgehead atoms. The van der Waals surface area contributed by atoms with Crippen molar-refractivity contribution >= 4 is 51.2 Å². The second-order valence-corrected chi connectivity index (χ2v) is 6.08. The van der Waals surface area contributed by atoms with Gasteiger partial charge in [-0.05, 0) is 30.4 Å². The van der Waals surface area contributed by atoms with E-state index in [0.717, 1.165) is 4.47 Å². The van der Waals surface area contributed by atoms with Crippen LogP contribution in [0.1, 0.15) is 5.56 Å². The largest absolute Gasteiger partial charge is 0.493 e. The highest BCUT2D eigenvalue weighted by atomic mass is 79.9. The lowest BCUT2D eigenvalue weighted by molar-refractivity contribution is -0.132. The van der Waals surface area contributed by atoms with Crippen molar-refractivity contribution in [3.05, 3.63) is 27.7 Å². The van der Waals surface area contributed by atoms with Crippen LogP contribution in [-0.2, 0) is 9.59 Å². The third-order valence-electron chi connectivity index (χ3n) is 3.42. The molecule has 2 amide bonds. The number of hydrogen-bond donors (Lipinski definition) is 0. The minimum Gasteiger partial charge on any atom is -0.493 e. The van der Waals surface area contributed by atoms with E-state index in [9.17, 15) is 9.59 Å². The molecule has 1 saturated heterocycles. The predicted molar refractivity (Wildman–Crippen MR) is 93.4 cm³/mol. The molecule has 2 rings (SSSR count).